The van der Waals surface area contributed by atoms with Crippen LogP contribution in [0.1, 0.15) is 33.6 Å². The second-order valence-corrected chi connectivity index (χ2v) is 5.04. The van der Waals surface area contributed by atoms with Crippen molar-refractivity contribution in [1.29, 1.82) is 0 Å². The van der Waals surface area contributed by atoms with Crippen LogP contribution in [0.2, 0.25) is 0 Å². The van der Waals surface area contributed by atoms with Crippen LogP contribution in [-0.2, 0) is 0 Å². The lowest BCUT2D eigenvalue weighted by Gasteiger charge is -2.15. The number of carbonyl (C=O) groups is 1. The Labute approximate surface area is 124 Å². The number of carbonyl (C=O) groups excluding carboxylic acids is 1. The highest BCUT2D eigenvalue weighted by Gasteiger charge is 2.11. The summed E-state index contributed by atoms with van der Waals surface area (Å²) in [7, 11) is 0. The Hall–Kier alpha value is -1.82. The number of halogens is 1. The summed E-state index contributed by atoms with van der Waals surface area (Å²) in [4.78, 5) is 11.7. The van der Waals surface area contributed by atoms with E-state index in [0.717, 1.165) is 0 Å². The fourth-order valence-electron chi connectivity index (χ4n) is 1.68. The Morgan fingerprint density at radius 3 is 2.76 bits per heavy atom. The van der Waals surface area contributed by atoms with Gasteiger partial charge in [-0.2, -0.15) is 0 Å². The minimum Gasteiger partial charge on any atom is -0.489 e. The minimum atomic E-state index is -0.461. The highest BCUT2D eigenvalue weighted by Crippen LogP contribution is 2.26. The molecule has 0 bridgehead atoms. The number of aliphatic hydroxyl groups is 1. The van der Waals surface area contributed by atoms with Crippen molar-refractivity contribution in [1.82, 2.24) is 5.32 Å². The van der Waals surface area contributed by atoms with Crippen LogP contribution in [0, 0.1) is 5.82 Å². The van der Waals surface area contributed by atoms with Gasteiger partial charge in [-0.05, 0) is 38.8 Å². The van der Waals surface area contributed by atoms with Crippen molar-refractivity contribution >= 4 is 11.7 Å². The first-order valence-corrected chi connectivity index (χ1v) is 7.11. The molecule has 1 atom stereocenters. The van der Waals surface area contributed by atoms with E-state index >= 15 is 0 Å². The summed E-state index contributed by atoms with van der Waals surface area (Å²) < 4.78 is 18.8. The molecule has 6 heteroatoms. The average molecular weight is 298 g/mol. The summed E-state index contributed by atoms with van der Waals surface area (Å²) in [5.41, 5.74) is 0.275. The summed E-state index contributed by atoms with van der Waals surface area (Å²) in [6, 6.07) is 3.50. The van der Waals surface area contributed by atoms with Crippen LogP contribution in [0.15, 0.2) is 18.2 Å². The standard InChI is InChI=1S/C15H23FN2O3/c1-4-12(19)7-8-17-15(20)18-13-9-11(16)5-6-14(13)21-10(2)3/h5-6,9-10,12,19H,4,7-8H2,1-3H3,(H2,17,18,20). The molecule has 21 heavy (non-hydrogen) atoms. The monoisotopic (exact) mass is 298 g/mol. The summed E-state index contributed by atoms with van der Waals surface area (Å²) in [5, 5.41) is 14.6. The van der Waals surface area contributed by atoms with Crippen molar-refractivity contribution in [2.45, 2.75) is 45.8 Å². The van der Waals surface area contributed by atoms with Crippen LogP contribution in [0.4, 0.5) is 14.9 Å². The molecule has 0 aromatic heterocycles. The van der Waals surface area contributed by atoms with E-state index in [4.69, 9.17) is 4.74 Å². The number of anilines is 1. The third-order valence-electron chi connectivity index (χ3n) is 2.79. The van der Waals surface area contributed by atoms with Crippen LogP contribution >= 0.6 is 0 Å². The molecule has 2 amide bonds. The van der Waals surface area contributed by atoms with Crippen LogP contribution in [0.3, 0.4) is 0 Å². The van der Waals surface area contributed by atoms with Crippen molar-refractivity contribution in [2.75, 3.05) is 11.9 Å². The number of urea groups is 1. The maximum absolute atomic E-state index is 13.3. The Morgan fingerprint density at radius 2 is 2.14 bits per heavy atom. The zero-order valence-corrected chi connectivity index (χ0v) is 12.6. The molecule has 1 unspecified atom stereocenters. The van der Waals surface area contributed by atoms with Crippen LogP contribution in [-0.4, -0.2) is 29.9 Å². The zero-order valence-electron chi connectivity index (χ0n) is 12.6. The molecule has 3 N–H and O–H groups in total. The average Bonchev–Trinajstić information content (AvgIpc) is 2.41. The SMILES string of the molecule is CCC(O)CCNC(=O)Nc1cc(F)ccc1OC(C)C. The van der Waals surface area contributed by atoms with Gasteiger partial charge in [-0.25, -0.2) is 9.18 Å². The van der Waals surface area contributed by atoms with Crippen LogP contribution in [0.25, 0.3) is 0 Å². The maximum atomic E-state index is 13.3. The van der Waals surface area contributed by atoms with Gasteiger partial charge < -0.3 is 20.5 Å². The Morgan fingerprint density at radius 1 is 1.43 bits per heavy atom. The number of hydrogen-bond acceptors (Lipinski definition) is 3. The summed E-state index contributed by atoms with van der Waals surface area (Å²) in [6.45, 7) is 5.90. The smallest absolute Gasteiger partial charge is 0.319 e. The molecular weight excluding hydrogens is 275 g/mol. The van der Waals surface area contributed by atoms with E-state index in [-0.39, 0.29) is 11.8 Å². The number of nitrogens with one attached hydrogen (secondary N) is 2. The van der Waals surface area contributed by atoms with Gasteiger partial charge in [0.2, 0.25) is 0 Å². The molecule has 0 saturated carbocycles. The van der Waals surface area contributed by atoms with E-state index < -0.39 is 18.0 Å². The van der Waals surface area contributed by atoms with Gasteiger partial charge in [0.05, 0.1) is 17.9 Å². The van der Waals surface area contributed by atoms with E-state index in [2.05, 4.69) is 10.6 Å². The van der Waals surface area contributed by atoms with Crippen molar-refractivity contribution in [2.24, 2.45) is 0 Å². The molecule has 0 saturated heterocycles. The quantitative estimate of drug-likeness (QED) is 0.725. The fraction of sp³-hybridized carbons (Fsp3) is 0.533. The van der Waals surface area contributed by atoms with Gasteiger partial charge in [0.1, 0.15) is 11.6 Å². The van der Waals surface area contributed by atoms with E-state index in [1.54, 1.807) is 0 Å². The molecule has 1 aromatic carbocycles. The number of hydrogen-bond donors (Lipinski definition) is 3. The third-order valence-corrected chi connectivity index (χ3v) is 2.79. The molecular formula is C15H23FN2O3. The van der Waals surface area contributed by atoms with Gasteiger partial charge in [-0.3, -0.25) is 0 Å². The molecule has 0 fully saturated rings. The molecule has 0 radical (unpaired) electrons. The maximum Gasteiger partial charge on any atom is 0.319 e. The molecule has 1 rings (SSSR count). The van der Waals surface area contributed by atoms with Gasteiger partial charge >= 0.3 is 6.03 Å². The van der Waals surface area contributed by atoms with Gasteiger partial charge in [0.25, 0.3) is 0 Å². The Bertz CT molecular complexity index is 466. The lowest BCUT2D eigenvalue weighted by atomic mass is 10.2. The first-order chi connectivity index (χ1) is 9.92. The molecule has 1 aromatic rings. The number of aliphatic hydroxyl groups excluding tert-OH is 1. The largest absolute Gasteiger partial charge is 0.489 e. The molecule has 5 nitrogen and oxygen atoms in total. The molecule has 0 spiro atoms. The molecule has 0 aliphatic heterocycles. The first-order valence-electron chi connectivity index (χ1n) is 7.11. The number of rotatable bonds is 7. The summed E-state index contributed by atoms with van der Waals surface area (Å²) in [5.74, 6) is -0.0436. The van der Waals surface area contributed by atoms with Crippen molar-refractivity contribution in [3.63, 3.8) is 0 Å². The predicted octanol–water partition coefficient (Wildman–Crippen LogP) is 2.90. The Kier molecular flexibility index (Phi) is 6.94. The van der Waals surface area contributed by atoms with E-state index in [0.29, 0.717) is 25.1 Å². The Balaban J connectivity index is 2.60. The highest BCUT2D eigenvalue weighted by molar-refractivity contribution is 5.90. The summed E-state index contributed by atoms with van der Waals surface area (Å²) in [6.07, 6.45) is 0.597. The molecule has 0 aliphatic carbocycles. The van der Waals surface area contributed by atoms with Crippen molar-refractivity contribution in [3.05, 3.63) is 24.0 Å². The van der Waals surface area contributed by atoms with Gasteiger partial charge in [0, 0.05) is 12.6 Å². The number of benzene rings is 1. The zero-order chi connectivity index (χ0) is 15.8. The third kappa shape index (κ3) is 6.44. The topological polar surface area (TPSA) is 70.6 Å². The van der Waals surface area contributed by atoms with E-state index in [1.807, 2.05) is 20.8 Å². The van der Waals surface area contributed by atoms with Crippen molar-refractivity contribution < 1.29 is 19.0 Å². The minimum absolute atomic E-state index is 0.0845. The number of ether oxygens (including phenoxy) is 1. The van der Waals surface area contributed by atoms with Crippen LogP contribution in [0.5, 0.6) is 5.75 Å². The fourth-order valence-corrected chi connectivity index (χ4v) is 1.68. The lowest BCUT2D eigenvalue weighted by Crippen LogP contribution is -2.31. The summed E-state index contributed by atoms with van der Waals surface area (Å²) >= 11 is 0. The second kappa shape index (κ2) is 8.46. The molecule has 0 heterocycles. The van der Waals surface area contributed by atoms with Gasteiger partial charge in [-0.15, -0.1) is 0 Å². The van der Waals surface area contributed by atoms with E-state index in [1.165, 1.54) is 18.2 Å². The number of amides is 2. The molecule has 0 aliphatic rings. The van der Waals surface area contributed by atoms with E-state index in [9.17, 15) is 14.3 Å². The molecule has 118 valence electrons. The van der Waals surface area contributed by atoms with Crippen LogP contribution < -0.4 is 15.4 Å². The lowest BCUT2D eigenvalue weighted by molar-refractivity contribution is 0.160. The normalized spacial score (nSPS) is 12.1. The van der Waals surface area contributed by atoms with Gasteiger partial charge in [-0.1, -0.05) is 6.92 Å². The van der Waals surface area contributed by atoms with Crippen molar-refractivity contribution in [3.8, 4) is 5.75 Å². The predicted molar refractivity (Wildman–Crippen MR) is 80.1 cm³/mol. The highest BCUT2D eigenvalue weighted by atomic mass is 19.1. The van der Waals surface area contributed by atoms with Gasteiger partial charge in [0.15, 0.2) is 0 Å². The second-order valence-electron chi connectivity index (χ2n) is 5.04. The first kappa shape index (κ1) is 17.2.